The van der Waals surface area contributed by atoms with Gasteiger partial charge in [0, 0.05) is 6.07 Å². The van der Waals surface area contributed by atoms with Crippen LogP contribution >= 0.6 is 0 Å². The van der Waals surface area contributed by atoms with Crippen LogP contribution in [0.1, 0.15) is 0 Å². The van der Waals surface area contributed by atoms with Gasteiger partial charge in [0.15, 0.2) is 0 Å². The average Bonchev–Trinajstić information content (AvgIpc) is 1.91. The predicted octanol–water partition coefficient (Wildman–Crippen LogP) is -0.541. The topological polar surface area (TPSA) is 31.9 Å². The van der Waals surface area contributed by atoms with E-state index in [9.17, 15) is 5.21 Å². The Labute approximate surface area is 41.4 Å². The van der Waals surface area contributed by atoms with Crippen LogP contribution in [-0.4, -0.2) is 4.68 Å². The molecule has 0 aromatic carbocycles. The third kappa shape index (κ3) is 0.559. The zero-order valence-corrected chi connectivity index (χ0v) is 3.96. The van der Waals surface area contributed by atoms with Gasteiger partial charge < -0.3 is 5.21 Å². The summed E-state index contributed by atoms with van der Waals surface area (Å²) in [6.07, 6.45) is 4.02. The van der Waals surface area contributed by atoms with Crippen LogP contribution in [0.4, 0.5) is 0 Å². The summed E-state index contributed by atoms with van der Waals surface area (Å²) in [5, 5.41) is 10.2. The Kier molecular flexibility index (Phi) is 0.749. The minimum Gasteiger partial charge on any atom is -0.595 e. The van der Waals surface area contributed by atoms with Crippen LogP contribution in [0.25, 0.3) is 0 Å². The summed E-state index contributed by atoms with van der Waals surface area (Å²) in [6.45, 7) is 0. The molecule has 0 saturated heterocycles. The highest BCUT2D eigenvalue weighted by atomic mass is 16.5. The molecule has 0 bridgehead atoms. The van der Waals surface area contributed by atoms with Crippen molar-refractivity contribution < 1.29 is 4.85 Å². The molecule has 1 aromatic heterocycles. The van der Waals surface area contributed by atoms with E-state index < -0.39 is 0 Å². The molecule has 0 spiro atoms. The van der Waals surface area contributed by atoms with Gasteiger partial charge in [0.25, 0.3) is 0 Å². The molecule has 0 aliphatic carbocycles. The molecule has 1 radical (unpaired) electrons. The molecule has 3 nitrogen and oxygen atoms in total. The average molecular weight is 97.1 g/mol. The Balaban J connectivity index is 3.12. The van der Waals surface area contributed by atoms with Gasteiger partial charge in [-0.25, -0.2) is 0 Å². The number of nitrogens with zero attached hydrogens (tertiary/aromatic N) is 2. The molecule has 0 unspecified atom stereocenters. The first-order chi connectivity index (χ1) is 3.30. The van der Waals surface area contributed by atoms with Gasteiger partial charge in [-0.3, -0.25) is 0 Å². The normalized spacial score (nSPS) is 9.29. The highest BCUT2D eigenvalue weighted by Crippen LogP contribution is 1.69. The van der Waals surface area contributed by atoms with Gasteiger partial charge in [-0.15, -0.1) is 0 Å². The fourth-order valence-corrected chi connectivity index (χ4v) is 0.357. The Morgan fingerprint density at radius 1 is 1.86 bits per heavy atom. The molecule has 0 amide bonds. The molecule has 0 aliphatic heterocycles. The molecule has 1 aromatic rings. The fourth-order valence-electron chi connectivity index (χ4n) is 0.357. The van der Waals surface area contributed by atoms with Crippen LogP contribution in [0.3, 0.4) is 0 Å². The van der Waals surface area contributed by atoms with Gasteiger partial charge in [0.1, 0.15) is 0 Å². The minimum absolute atomic E-state index is 0.625. The van der Waals surface area contributed by atoms with Crippen LogP contribution in [0.5, 0.6) is 0 Å². The zero-order chi connectivity index (χ0) is 5.28. The molecular formula is C4H5N2O. The third-order valence-electron chi connectivity index (χ3n) is 0.762. The van der Waals surface area contributed by atoms with E-state index in [0.29, 0.717) is 4.85 Å². The summed E-state index contributed by atoms with van der Waals surface area (Å²) in [5.74, 6) is 0. The third-order valence-corrected chi connectivity index (χ3v) is 0.762. The van der Waals surface area contributed by atoms with Crippen molar-refractivity contribution in [2.24, 2.45) is 7.05 Å². The van der Waals surface area contributed by atoms with Crippen molar-refractivity contribution in [1.29, 1.82) is 0 Å². The molecule has 0 fully saturated rings. The van der Waals surface area contributed by atoms with Gasteiger partial charge in [-0.2, -0.15) is 4.68 Å². The second-order valence-corrected chi connectivity index (χ2v) is 1.29. The van der Waals surface area contributed by atoms with E-state index in [4.69, 9.17) is 0 Å². The highest BCUT2D eigenvalue weighted by molar-refractivity contribution is 4.67. The second-order valence-electron chi connectivity index (χ2n) is 1.29. The van der Waals surface area contributed by atoms with Gasteiger partial charge >= 0.3 is 6.20 Å². The van der Waals surface area contributed by atoms with Crippen molar-refractivity contribution in [3.8, 4) is 0 Å². The molecule has 0 N–H and O–H groups in total. The number of aryl methyl sites for hydroxylation is 1. The van der Waals surface area contributed by atoms with E-state index in [-0.39, 0.29) is 0 Å². The van der Waals surface area contributed by atoms with Crippen LogP contribution in [0.15, 0.2) is 12.3 Å². The lowest BCUT2D eigenvalue weighted by molar-refractivity contribution is -0.695. The first-order valence-corrected chi connectivity index (χ1v) is 1.93. The molecule has 37 valence electrons. The van der Waals surface area contributed by atoms with E-state index in [2.05, 4.69) is 6.20 Å². The molecule has 0 atom stereocenters. The van der Waals surface area contributed by atoms with Gasteiger partial charge in [0.2, 0.25) is 0 Å². The number of hydrogen-bond donors (Lipinski definition) is 0. The summed E-state index contributed by atoms with van der Waals surface area (Å²) >= 11 is 0. The Bertz CT molecular complexity index is 142. The number of aromatic nitrogens is 2. The zero-order valence-electron chi connectivity index (χ0n) is 3.96. The standard InChI is InChI=1S/C4H5N2O/c1-5-3-2-4-6(5)7/h2-3H,1H3. The van der Waals surface area contributed by atoms with Gasteiger partial charge in [0.05, 0.1) is 13.2 Å². The summed E-state index contributed by atoms with van der Waals surface area (Å²) in [4.78, 5) is 0.625. The quantitative estimate of drug-likeness (QED) is 0.316. The maximum absolute atomic E-state index is 10.2. The maximum atomic E-state index is 10.2. The van der Waals surface area contributed by atoms with Crippen molar-refractivity contribution in [2.75, 3.05) is 0 Å². The number of hydrogen-bond acceptors (Lipinski definition) is 1. The first-order valence-electron chi connectivity index (χ1n) is 1.93. The fraction of sp³-hybridized carbons (Fsp3) is 0.250. The molecule has 0 saturated carbocycles. The van der Waals surface area contributed by atoms with Crippen molar-refractivity contribution in [2.45, 2.75) is 0 Å². The lowest BCUT2D eigenvalue weighted by Gasteiger charge is -1.89. The molecule has 7 heavy (non-hydrogen) atoms. The van der Waals surface area contributed by atoms with E-state index >= 15 is 0 Å². The van der Waals surface area contributed by atoms with Gasteiger partial charge in [-0.05, 0) is 0 Å². The Morgan fingerprint density at radius 2 is 2.57 bits per heavy atom. The molecule has 1 heterocycles. The lowest BCUT2D eigenvalue weighted by Crippen LogP contribution is -2.34. The Morgan fingerprint density at radius 3 is 2.71 bits per heavy atom. The van der Waals surface area contributed by atoms with Gasteiger partial charge in [-0.1, -0.05) is 4.85 Å². The number of rotatable bonds is 0. The smallest absolute Gasteiger partial charge is 0.318 e. The molecule has 3 heteroatoms. The summed E-state index contributed by atoms with van der Waals surface area (Å²) in [6, 6.07) is 1.56. The SMILES string of the molecule is Cn1cc[c][n+]1[O-]. The van der Waals surface area contributed by atoms with Crippen LogP contribution in [0.2, 0.25) is 0 Å². The van der Waals surface area contributed by atoms with Crippen molar-refractivity contribution in [1.82, 2.24) is 4.68 Å². The van der Waals surface area contributed by atoms with E-state index in [1.165, 1.54) is 4.68 Å². The van der Waals surface area contributed by atoms with Crippen LogP contribution < -0.4 is 4.85 Å². The lowest BCUT2D eigenvalue weighted by atomic mass is 10.8. The highest BCUT2D eigenvalue weighted by Gasteiger charge is 1.89. The van der Waals surface area contributed by atoms with E-state index in [1.54, 1.807) is 19.3 Å². The first kappa shape index (κ1) is 4.18. The summed E-state index contributed by atoms with van der Waals surface area (Å²) < 4.78 is 1.39. The van der Waals surface area contributed by atoms with Crippen molar-refractivity contribution in [3.05, 3.63) is 23.7 Å². The van der Waals surface area contributed by atoms with Crippen molar-refractivity contribution in [3.63, 3.8) is 0 Å². The van der Waals surface area contributed by atoms with Crippen LogP contribution in [-0.2, 0) is 7.05 Å². The van der Waals surface area contributed by atoms with Crippen LogP contribution in [0, 0.1) is 11.4 Å². The summed E-state index contributed by atoms with van der Waals surface area (Å²) in [5.41, 5.74) is 0. The Hall–Kier alpha value is -0.990. The molecule has 1 rings (SSSR count). The second kappa shape index (κ2) is 1.26. The van der Waals surface area contributed by atoms with E-state index in [1.807, 2.05) is 0 Å². The largest absolute Gasteiger partial charge is 0.595 e. The maximum Gasteiger partial charge on any atom is 0.318 e. The predicted molar refractivity (Wildman–Crippen MR) is 23.2 cm³/mol. The molecule has 0 aliphatic rings. The van der Waals surface area contributed by atoms with E-state index in [0.717, 1.165) is 0 Å². The van der Waals surface area contributed by atoms with Crippen molar-refractivity contribution >= 4 is 0 Å². The summed E-state index contributed by atoms with van der Waals surface area (Å²) in [7, 11) is 1.66. The molecular weight excluding hydrogens is 92.1 g/mol. The monoisotopic (exact) mass is 97.0 g/mol. The minimum atomic E-state index is 0.625.